The number of ether oxygens (including phenoxy) is 1. The van der Waals surface area contributed by atoms with Crippen LogP contribution < -0.4 is 20.7 Å². The largest absolute Gasteiger partial charge is 0.494 e. The van der Waals surface area contributed by atoms with E-state index in [-0.39, 0.29) is 5.91 Å². The van der Waals surface area contributed by atoms with Crippen LogP contribution in [0.4, 0.5) is 28.8 Å². The average Bonchev–Trinajstić information content (AvgIpc) is 2.89. The number of hydrogen-bond donors (Lipinski definition) is 3. The molecule has 0 saturated heterocycles. The molecular weight excluding hydrogens is 462 g/mol. The standard InChI is InChI=1S/C30H33N5O2/c1-4-5-6-19-37-27-17-9-23(10-18-27)29(36)33-25-15-13-24(14-16-25)32-28-20-22(3)31-30(35-28)34-26-11-7-21(2)8-12-26/h7-18,20H,4-6,19H2,1-3H3,(H,33,36)(H2,31,32,34,35). The van der Waals surface area contributed by atoms with E-state index in [0.29, 0.717) is 29.6 Å². The van der Waals surface area contributed by atoms with Crippen molar-refractivity contribution in [3.63, 3.8) is 0 Å². The summed E-state index contributed by atoms with van der Waals surface area (Å²) in [6.07, 6.45) is 3.35. The van der Waals surface area contributed by atoms with Crippen molar-refractivity contribution in [2.24, 2.45) is 0 Å². The van der Waals surface area contributed by atoms with E-state index in [1.54, 1.807) is 12.1 Å². The lowest BCUT2D eigenvalue weighted by Crippen LogP contribution is -2.11. The van der Waals surface area contributed by atoms with Gasteiger partial charge >= 0.3 is 0 Å². The summed E-state index contributed by atoms with van der Waals surface area (Å²) >= 11 is 0. The Morgan fingerprint density at radius 1 is 0.784 bits per heavy atom. The smallest absolute Gasteiger partial charge is 0.255 e. The predicted octanol–water partition coefficient (Wildman–Crippen LogP) is 7.40. The fourth-order valence-electron chi connectivity index (χ4n) is 3.69. The van der Waals surface area contributed by atoms with Crippen LogP contribution in [0, 0.1) is 13.8 Å². The zero-order valence-electron chi connectivity index (χ0n) is 21.5. The normalized spacial score (nSPS) is 10.6. The molecule has 0 unspecified atom stereocenters. The summed E-state index contributed by atoms with van der Waals surface area (Å²) in [7, 11) is 0. The minimum atomic E-state index is -0.170. The number of carbonyl (C=O) groups excluding carboxylic acids is 1. The number of carbonyl (C=O) groups is 1. The number of aromatic nitrogens is 2. The van der Waals surface area contributed by atoms with E-state index in [1.807, 2.05) is 73.7 Å². The summed E-state index contributed by atoms with van der Waals surface area (Å²) in [5, 5.41) is 9.49. The molecule has 1 amide bonds. The van der Waals surface area contributed by atoms with Gasteiger partial charge in [0.05, 0.1) is 6.61 Å². The van der Waals surface area contributed by atoms with Gasteiger partial charge in [-0.1, -0.05) is 37.5 Å². The summed E-state index contributed by atoms with van der Waals surface area (Å²) in [6.45, 7) is 6.84. The first-order valence-corrected chi connectivity index (χ1v) is 12.6. The lowest BCUT2D eigenvalue weighted by molar-refractivity contribution is 0.102. The third kappa shape index (κ3) is 7.80. The molecule has 4 rings (SSSR count). The molecule has 0 aliphatic rings. The molecule has 37 heavy (non-hydrogen) atoms. The number of rotatable bonds is 11. The third-order valence-corrected chi connectivity index (χ3v) is 5.71. The maximum atomic E-state index is 12.7. The van der Waals surface area contributed by atoms with Crippen LogP contribution in [0.2, 0.25) is 0 Å². The van der Waals surface area contributed by atoms with E-state index in [1.165, 1.54) is 5.56 Å². The summed E-state index contributed by atoms with van der Waals surface area (Å²) < 4.78 is 5.72. The van der Waals surface area contributed by atoms with Crippen LogP contribution in [0.1, 0.15) is 47.8 Å². The van der Waals surface area contributed by atoms with Crippen LogP contribution in [0.3, 0.4) is 0 Å². The van der Waals surface area contributed by atoms with Crippen molar-refractivity contribution >= 4 is 34.7 Å². The van der Waals surface area contributed by atoms with Gasteiger partial charge < -0.3 is 20.7 Å². The SMILES string of the molecule is CCCCCOc1ccc(C(=O)Nc2ccc(Nc3cc(C)nc(Nc4ccc(C)cc4)n3)cc2)cc1. The second-order valence-corrected chi connectivity index (χ2v) is 8.95. The minimum absolute atomic E-state index is 0.170. The number of benzene rings is 3. The Bertz CT molecular complexity index is 1300. The third-order valence-electron chi connectivity index (χ3n) is 5.71. The Morgan fingerprint density at radius 3 is 2.14 bits per heavy atom. The maximum Gasteiger partial charge on any atom is 0.255 e. The molecule has 1 aromatic heterocycles. The van der Waals surface area contributed by atoms with E-state index in [9.17, 15) is 4.79 Å². The number of nitrogens with one attached hydrogen (secondary N) is 3. The van der Waals surface area contributed by atoms with Crippen LogP contribution in [0.15, 0.2) is 78.9 Å². The van der Waals surface area contributed by atoms with Crippen LogP contribution in [0.25, 0.3) is 0 Å². The van der Waals surface area contributed by atoms with Crippen molar-refractivity contribution in [1.29, 1.82) is 0 Å². The van der Waals surface area contributed by atoms with Crippen LogP contribution in [-0.4, -0.2) is 22.5 Å². The first kappa shape index (κ1) is 25.7. The topological polar surface area (TPSA) is 88.2 Å². The van der Waals surface area contributed by atoms with Gasteiger partial charge in [-0.05, 0) is 80.9 Å². The highest BCUT2D eigenvalue weighted by molar-refractivity contribution is 6.04. The van der Waals surface area contributed by atoms with E-state index in [2.05, 4.69) is 39.8 Å². The number of nitrogens with zero attached hydrogens (tertiary/aromatic N) is 2. The van der Waals surface area contributed by atoms with Gasteiger partial charge in [0.15, 0.2) is 0 Å². The molecule has 4 aromatic rings. The van der Waals surface area contributed by atoms with Gasteiger partial charge in [0.25, 0.3) is 5.91 Å². The maximum absolute atomic E-state index is 12.7. The monoisotopic (exact) mass is 495 g/mol. The first-order valence-electron chi connectivity index (χ1n) is 12.6. The van der Waals surface area contributed by atoms with Gasteiger partial charge in [0.1, 0.15) is 11.6 Å². The molecule has 0 aliphatic heterocycles. The average molecular weight is 496 g/mol. The van der Waals surface area contributed by atoms with Crippen LogP contribution in [-0.2, 0) is 0 Å². The Kier molecular flexibility index (Phi) is 8.70. The molecule has 0 atom stereocenters. The Labute approximate surface area is 218 Å². The van der Waals surface area contributed by atoms with E-state index < -0.39 is 0 Å². The fourth-order valence-corrected chi connectivity index (χ4v) is 3.69. The predicted molar refractivity (Wildman–Crippen MR) is 150 cm³/mol. The van der Waals surface area contributed by atoms with Crippen molar-refractivity contribution in [1.82, 2.24) is 9.97 Å². The second kappa shape index (κ2) is 12.5. The van der Waals surface area contributed by atoms with Crippen molar-refractivity contribution in [3.05, 3.63) is 95.7 Å². The fraction of sp³-hybridized carbons (Fsp3) is 0.233. The molecule has 190 valence electrons. The number of aryl methyl sites for hydroxylation is 2. The van der Waals surface area contributed by atoms with Crippen LogP contribution >= 0.6 is 0 Å². The van der Waals surface area contributed by atoms with Crippen LogP contribution in [0.5, 0.6) is 5.75 Å². The van der Waals surface area contributed by atoms with E-state index >= 15 is 0 Å². The second-order valence-electron chi connectivity index (χ2n) is 8.95. The van der Waals surface area contributed by atoms with Gasteiger partial charge in [0, 0.05) is 34.4 Å². The summed E-state index contributed by atoms with van der Waals surface area (Å²) in [6, 6.07) is 24.7. The molecule has 3 aromatic carbocycles. The Hall–Kier alpha value is -4.39. The van der Waals surface area contributed by atoms with E-state index in [4.69, 9.17) is 4.74 Å². The van der Waals surface area contributed by atoms with Gasteiger partial charge in [0.2, 0.25) is 5.95 Å². The molecule has 1 heterocycles. The molecule has 0 radical (unpaired) electrons. The molecule has 3 N–H and O–H groups in total. The molecule has 7 heteroatoms. The van der Waals surface area contributed by atoms with Crippen molar-refractivity contribution < 1.29 is 9.53 Å². The summed E-state index contributed by atoms with van der Waals surface area (Å²) in [4.78, 5) is 21.7. The van der Waals surface area contributed by atoms with Gasteiger partial charge in [-0.25, -0.2) is 4.98 Å². The molecule has 7 nitrogen and oxygen atoms in total. The molecule has 0 aliphatic carbocycles. The Morgan fingerprint density at radius 2 is 1.43 bits per heavy atom. The van der Waals surface area contributed by atoms with Gasteiger partial charge in [-0.3, -0.25) is 4.79 Å². The highest BCUT2D eigenvalue weighted by Gasteiger charge is 2.08. The molecule has 0 fully saturated rings. The first-order chi connectivity index (χ1) is 18.0. The summed E-state index contributed by atoms with van der Waals surface area (Å²) in [5.41, 5.74) is 5.09. The van der Waals surface area contributed by atoms with Gasteiger partial charge in [-0.2, -0.15) is 4.98 Å². The molecule has 0 spiro atoms. The number of hydrogen-bond acceptors (Lipinski definition) is 6. The van der Waals surface area contributed by atoms with Crippen molar-refractivity contribution in [3.8, 4) is 5.75 Å². The van der Waals surface area contributed by atoms with Crippen molar-refractivity contribution in [2.75, 3.05) is 22.6 Å². The minimum Gasteiger partial charge on any atom is -0.494 e. The van der Waals surface area contributed by atoms with Gasteiger partial charge in [-0.15, -0.1) is 0 Å². The summed E-state index contributed by atoms with van der Waals surface area (Å²) in [5.74, 6) is 1.81. The molecular formula is C30H33N5O2. The zero-order valence-corrected chi connectivity index (χ0v) is 21.5. The zero-order chi connectivity index (χ0) is 26.0. The highest BCUT2D eigenvalue weighted by Crippen LogP contribution is 2.22. The quantitative estimate of drug-likeness (QED) is 0.188. The lowest BCUT2D eigenvalue weighted by Gasteiger charge is -2.11. The highest BCUT2D eigenvalue weighted by atomic mass is 16.5. The molecule has 0 saturated carbocycles. The van der Waals surface area contributed by atoms with E-state index in [0.717, 1.165) is 42.1 Å². The molecule has 0 bridgehead atoms. The lowest BCUT2D eigenvalue weighted by atomic mass is 10.2. The number of anilines is 5. The number of amides is 1. The van der Waals surface area contributed by atoms with Crippen molar-refractivity contribution in [2.45, 2.75) is 40.0 Å². The Balaban J connectivity index is 1.33. The number of unbranched alkanes of at least 4 members (excludes halogenated alkanes) is 2.